The number of halogens is 3. The maximum Gasteiger partial charge on any atom is 0.573 e. The van der Waals surface area contributed by atoms with E-state index in [1.807, 2.05) is 0 Å². The molecule has 4 nitrogen and oxygen atoms in total. The lowest BCUT2D eigenvalue weighted by Crippen LogP contribution is -2.18. The number of carbonyl (C=O) groups is 1. The van der Waals surface area contributed by atoms with E-state index in [0.29, 0.717) is 0 Å². The van der Waals surface area contributed by atoms with Crippen LogP contribution in [0.3, 0.4) is 0 Å². The number of nitriles is 1. The van der Waals surface area contributed by atoms with Crippen molar-refractivity contribution in [3.63, 3.8) is 0 Å². The molecule has 0 aliphatic heterocycles. The second-order valence-corrected chi connectivity index (χ2v) is 3.65. The van der Waals surface area contributed by atoms with Gasteiger partial charge in [0.15, 0.2) is 0 Å². The third-order valence-corrected chi connectivity index (χ3v) is 2.33. The zero-order valence-corrected chi connectivity index (χ0v) is 9.55. The molecule has 0 saturated heterocycles. The molecule has 0 aromatic heterocycles. The number of aliphatic carboxylic acids is 1. The minimum atomic E-state index is -4.95. The average Bonchev–Trinajstić information content (AvgIpc) is 2.20. The number of benzene rings is 1. The Kier molecular flexibility index (Phi) is 4.08. The van der Waals surface area contributed by atoms with Crippen LogP contribution in [0.15, 0.2) is 17.0 Å². The van der Waals surface area contributed by atoms with Crippen LogP contribution in [0.5, 0.6) is 5.75 Å². The van der Waals surface area contributed by atoms with Crippen LogP contribution in [0.25, 0.3) is 0 Å². The van der Waals surface area contributed by atoms with E-state index >= 15 is 0 Å². The van der Waals surface area contributed by atoms with Crippen molar-refractivity contribution in [3.05, 3.63) is 23.3 Å². The van der Waals surface area contributed by atoms with Gasteiger partial charge in [0.05, 0.1) is 12.0 Å². The highest BCUT2D eigenvalue weighted by Crippen LogP contribution is 2.31. The van der Waals surface area contributed by atoms with Gasteiger partial charge in [0, 0.05) is 4.90 Å². The van der Waals surface area contributed by atoms with Crippen LogP contribution in [0, 0.1) is 11.3 Å². The van der Waals surface area contributed by atoms with E-state index in [0.717, 1.165) is 12.1 Å². The summed E-state index contributed by atoms with van der Waals surface area (Å²) in [6.45, 7) is 0. The molecule has 0 fully saturated rings. The van der Waals surface area contributed by atoms with Crippen LogP contribution in [0.1, 0.15) is 11.1 Å². The van der Waals surface area contributed by atoms with Gasteiger partial charge in [-0.1, -0.05) is 0 Å². The van der Waals surface area contributed by atoms with E-state index in [-0.39, 0.29) is 10.5 Å². The van der Waals surface area contributed by atoms with Gasteiger partial charge >= 0.3 is 12.3 Å². The number of carboxylic acids is 1. The third-order valence-electron chi connectivity index (χ3n) is 1.92. The summed E-state index contributed by atoms with van der Waals surface area (Å²) in [5.74, 6) is -2.02. The minimum Gasteiger partial charge on any atom is -0.481 e. The number of hydrogen-bond donors (Lipinski definition) is 2. The zero-order valence-electron chi connectivity index (χ0n) is 8.65. The summed E-state index contributed by atoms with van der Waals surface area (Å²) in [5, 5.41) is 17.4. The van der Waals surface area contributed by atoms with Crippen molar-refractivity contribution >= 4 is 18.6 Å². The molecule has 0 bridgehead atoms. The van der Waals surface area contributed by atoms with Crippen molar-refractivity contribution in [2.75, 3.05) is 0 Å². The molecule has 0 aliphatic rings. The van der Waals surface area contributed by atoms with Crippen molar-refractivity contribution in [1.29, 1.82) is 5.26 Å². The number of nitrogens with zero attached hydrogens (tertiary/aromatic N) is 1. The molecule has 1 N–H and O–H groups in total. The Labute approximate surface area is 105 Å². The third kappa shape index (κ3) is 3.56. The van der Waals surface area contributed by atoms with E-state index in [4.69, 9.17) is 10.4 Å². The fourth-order valence-corrected chi connectivity index (χ4v) is 1.54. The smallest absolute Gasteiger partial charge is 0.481 e. The van der Waals surface area contributed by atoms with Crippen molar-refractivity contribution in [2.24, 2.45) is 0 Å². The summed E-state index contributed by atoms with van der Waals surface area (Å²) < 4.78 is 39.9. The van der Waals surface area contributed by atoms with Crippen molar-refractivity contribution < 1.29 is 27.8 Å². The second kappa shape index (κ2) is 5.18. The molecule has 8 heteroatoms. The summed E-state index contributed by atoms with van der Waals surface area (Å²) in [6, 6.07) is 3.55. The summed E-state index contributed by atoms with van der Waals surface area (Å²) in [7, 11) is 0. The highest BCUT2D eigenvalue weighted by Gasteiger charge is 2.33. The first-order chi connectivity index (χ1) is 8.24. The first kappa shape index (κ1) is 14.2. The highest BCUT2D eigenvalue weighted by atomic mass is 32.1. The van der Waals surface area contributed by atoms with E-state index in [9.17, 15) is 18.0 Å². The standard InChI is InChI=1S/C10H6F3NO3S/c11-10(12,13)17-7-1-2-8(18)5(3-9(15)16)6(7)4-14/h1-2,18H,3H2,(H,15,16). The molecule has 96 valence electrons. The van der Waals surface area contributed by atoms with Gasteiger partial charge in [0.25, 0.3) is 0 Å². The molecule has 1 aromatic carbocycles. The minimum absolute atomic E-state index is 0.114. The number of hydrogen-bond acceptors (Lipinski definition) is 4. The number of alkyl halides is 3. The highest BCUT2D eigenvalue weighted by molar-refractivity contribution is 7.80. The first-order valence-electron chi connectivity index (χ1n) is 4.47. The summed E-state index contributed by atoms with van der Waals surface area (Å²) >= 11 is 3.90. The number of rotatable bonds is 3. The quantitative estimate of drug-likeness (QED) is 0.832. The van der Waals surface area contributed by atoms with Gasteiger partial charge in [-0.3, -0.25) is 4.79 Å². The number of thiol groups is 1. The SMILES string of the molecule is N#Cc1c(OC(F)(F)F)ccc(S)c1CC(=O)O. The molecule has 0 heterocycles. The normalized spacial score (nSPS) is 10.8. The Morgan fingerprint density at radius 3 is 2.56 bits per heavy atom. The molecule has 0 unspecified atom stereocenters. The van der Waals surface area contributed by atoms with Crippen LogP contribution in [0.4, 0.5) is 13.2 Å². The van der Waals surface area contributed by atoms with Gasteiger partial charge < -0.3 is 9.84 Å². The summed E-state index contributed by atoms with van der Waals surface area (Å²) in [6.07, 6.45) is -5.57. The van der Waals surface area contributed by atoms with E-state index in [1.54, 1.807) is 0 Å². The van der Waals surface area contributed by atoms with E-state index < -0.39 is 30.1 Å². The van der Waals surface area contributed by atoms with Crippen LogP contribution in [0.2, 0.25) is 0 Å². The lowest BCUT2D eigenvalue weighted by Gasteiger charge is -2.13. The molecule has 18 heavy (non-hydrogen) atoms. The molecular formula is C10H6F3NO3S. The van der Waals surface area contributed by atoms with Crippen LogP contribution in [-0.4, -0.2) is 17.4 Å². The zero-order chi connectivity index (χ0) is 13.9. The molecule has 0 amide bonds. The number of carboxylic acid groups (broad SMARTS) is 1. The molecular weight excluding hydrogens is 271 g/mol. The van der Waals surface area contributed by atoms with Gasteiger partial charge in [0.2, 0.25) is 0 Å². The maximum absolute atomic E-state index is 12.1. The Morgan fingerprint density at radius 1 is 1.50 bits per heavy atom. The molecule has 0 saturated carbocycles. The Bertz CT molecular complexity index is 522. The Balaban J connectivity index is 3.30. The van der Waals surface area contributed by atoms with Crippen molar-refractivity contribution in [2.45, 2.75) is 17.7 Å². The molecule has 0 radical (unpaired) electrons. The van der Waals surface area contributed by atoms with Crippen LogP contribution < -0.4 is 4.74 Å². The van der Waals surface area contributed by atoms with Crippen LogP contribution >= 0.6 is 12.6 Å². The first-order valence-corrected chi connectivity index (χ1v) is 4.92. The van der Waals surface area contributed by atoms with Gasteiger partial charge in [-0.15, -0.1) is 25.8 Å². The summed E-state index contributed by atoms with van der Waals surface area (Å²) in [5.41, 5.74) is -0.600. The largest absolute Gasteiger partial charge is 0.573 e. The van der Waals surface area contributed by atoms with E-state index in [2.05, 4.69) is 17.4 Å². The predicted octanol–water partition coefficient (Wildman–Crippen LogP) is 2.37. The topological polar surface area (TPSA) is 70.3 Å². The van der Waals surface area contributed by atoms with Crippen molar-refractivity contribution in [1.82, 2.24) is 0 Å². The number of ether oxygens (including phenoxy) is 1. The monoisotopic (exact) mass is 277 g/mol. The van der Waals surface area contributed by atoms with Gasteiger partial charge in [-0.25, -0.2) is 0 Å². The summed E-state index contributed by atoms with van der Waals surface area (Å²) in [4.78, 5) is 10.7. The fourth-order valence-electron chi connectivity index (χ4n) is 1.28. The average molecular weight is 277 g/mol. The molecule has 0 atom stereocenters. The van der Waals surface area contributed by atoms with Crippen LogP contribution in [-0.2, 0) is 11.2 Å². The molecule has 1 rings (SSSR count). The van der Waals surface area contributed by atoms with Gasteiger partial charge in [-0.05, 0) is 17.7 Å². The Morgan fingerprint density at radius 2 is 2.11 bits per heavy atom. The molecule has 1 aromatic rings. The Hall–Kier alpha value is -1.88. The molecule has 0 aliphatic carbocycles. The van der Waals surface area contributed by atoms with Gasteiger partial charge in [-0.2, -0.15) is 5.26 Å². The van der Waals surface area contributed by atoms with Gasteiger partial charge in [0.1, 0.15) is 11.8 Å². The van der Waals surface area contributed by atoms with Crippen molar-refractivity contribution in [3.8, 4) is 11.8 Å². The lowest BCUT2D eigenvalue weighted by molar-refractivity contribution is -0.274. The molecule has 0 spiro atoms. The maximum atomic E-state index is 12.1. The second-order valence-electron chi connectivity index (χ2n) is 3.17. The van der Waals surface area contributed by atoms with E-state index in [1.165, 1.54) is 6.07 Å². The lowest BCUT2D eigenvalue weighted by atomic mass is 10.0. The predicted molar refractivity (Wildman–Crippen MR) is 56.4 cm³/mol. The fraction of sp³-hybridized carbons (Fsp3) is 0.200.